The van der Waals surface area contributed by atoms with Crippen molar-refractivity contribution in [3.8, 4) is 0 Å². The monoisotopic (exact) mass is 308 g/mol. The molecule has 0 aliphatic heterocycles. The van der Waals surface area contributed by atoms with Crippen LogP contribution in [0.2, 0.25) is 0 Å². The molecule has 0 aliphatic carbocycles. The smallest absolute Gasteiger partial charge is 0.0995 e. The molecule has 0 heterocycles. The molecule has 2 heteroatoms. The molecule has 0 aromatic heterocycles. The Kier molecular flexibility index (Phi) is 11.7. The average Bonchev–Trinajstić information content (AvgIpc) is 2.52. The van der Waals surface area contributed by atoms with Crippen LogP contribution in [0.4, 0.5) is 0 Å². The Morgan fingerprint density at radius 3 is 2.05 bits per heavy atom. The topological polar surface area (TPSA) is 20.2 Å². The first-order valence-corrected chi connectivity index (χ1v) is 9.71. The molecule has 1 rings (SSSR count). The predicted octanol–water partition coefficient (Wildman–Crippen LogP) is 6.16. The van der Waals surface area contributed by atoms with Gasteiger partial charge in [-0.2, -0.15) is 0 Å². The standard InChI is InChI=1S/C19H32OS/c1-2-3-4-5-6-7-8-9-13-16-19(20)21-17-18-14-11-10-12-15-18/h10-12,14-15,19-20H,2-9,13,16-17H2,1H3. The lowest BCUT2D eigenvalue weighted by Gasteiger charge is -2.10. The zero-order valence-corrected chi connectivity index (χ0v) is 14.4. The molecule has 0 saturated carbocycles. The first-order chi connectivity index (χ1) is 10.3. The summed E-state index contributed by atoms with van der Waals surface area (Å²) in [4.78, 5) is 0. The van der Waals surface area contributed by atoms with E-state index in [0.717, 1.165) is 18.6 Å². The summed E-state index contributed by atoms with van der Waals surface area (Å²) in [5, 5.41) is 9.97. The Morgan fingerprint density at radius 1 is 0.857 bits per heavy atom. The number of rotatable bonds is 13. The summed E-state index contributed by atoms with van der Waals surface area (Å²) in [6, 6.07) is 10.4. The van der Waals surface area contributed by atoms with E-state index < -0.39 is 0 Å². The van der Waals surface area contributed by atoms with Crippen LogP contribution in [0.1, 0.15) is 76.7 Å². The molecule has 0 aliphatic rings. The Balaban J connectivity index is 1.88. The van der Waals surface area contributed by atoms with Crippen LogP contribution in [-0.2, 0) is 5.75 Å². The quantitative estimate of drug-likeness (QED) is 0.348. The van der Waals surface area contributed by atoms with Crippen molar-refractivity contribution in [3.63, 3.8) is 0 Å². The van der Waals surface area contributed by atoms with Gasteiger partial charge in [0.05, 0.1) is 5.44 Å². The minimum atomic E-state index is -0.199. The molecule has 1 unspecified atom stereocenters. The largest absolute Gasteiger partial charge is 0.382 e. The molecule has 1 aromatic rings. The van der Waals surface area contributed by atoms with Gasteiger partial charge in [0.2, 0.25) is 0 Å². The normalized spacial score (nSPS) is 12.5. The molecular formula is C19H32OS. The van der Waals surface area contributed by atoms with E-state index in [0.29, 0.717) is 0 Å². The lowest BCUT2D eigenvalue weighted by Crippen LogP contribution is -2.01. The summed E-state index contributed by atoms with van der Waals surface area (Å²) in [5.74, 6) is 0.916. The second kappa shape index (κ2) is 13.2. The fourth-order valence-corrected chi connectivity index (χ4v) is 3.39. The van der Waals surface area contributed by atoms with E-state index in [4.69, 9.17) is 0 Å². The molecule has 1 aromatic carbocycles. The summed E-state index contributed by atoms with van der Waals surface area (Å²) in [6.07, 6.45) is 13.0. The summed E-state index contributed by atoms with van der Waals surface area (Å²) < 4.78 is 0. The van der Waals surface area contributed by atoms with Gasteiger partial charge in [0, 0.05) is 5.75 Å². The van der Waals surface area contributed by atoms with Gasteiger partial charge in [0.25, 0.3) is 0 Å². The zero-order valence-electron chi connectivity index (χ0n) is 13.6. The van der Waals surface area contributed by atoms with Crippen molar-refractivity contribution in [2.75, 3.05) is 0 Å². The molecule has 1 atom stereocenters. The lowest BCUT2D eigenvalue weighted by atomic mass is 10.1. The molecule has 0 spiro atoms. The van der Waals surface area contributed by atoms with Gasteiger partial charge in [0.1, 0.15) is 0 Å². The summed E-state index contributed by atoms with van der Waals surface area (Å²) in [5.41, 5.74) is 1.10. The molecule has 0 radical (unpaired) electrons. The van der Waals surface area contributed by atoms with Crippen molar-refractivity contribution in [2.24, 2.45) is 0 Å². The number of unbranched alkanes of at least 4 members (excludes halogenated alkanes) is 8. The van der Waals surface area contributed by atoms with E-state index in [-0.39, 0.29) is 5.44 Å². The van der Waals surface area contributed by atoms with E-state index in [1.807, 2.05) is 6.07 Å². The number of aliphatic hydroxyl groups excluding tert-OH is 1. The van der Waals surface area contributed by atoms with Crippen LogP contribution in [-0.4, -0.2) is 10.5 Å². The van der Waals surface area contributed by atoms with Gasteiger partial charge in [-0.05, 0) is 12.0 Å². The number of thioether (sulfide) groups is 1. The highest BCUT2D eigenvalue weighted by molar-refractivity contribution is 7.98. The first-order valence-electron chi connectivity index (χ1n) is 8.66. The van der Waals surface area contributed by atoms with Crippen LogP contribution in [0.5, 0.6) is 0 Å². The number of benzene rings is 1. The number of aliphatic hydroxyl groups is 1. The summed E-state index contributed by atoms with van der Waals surface area (Å²) in [7, 11) is 0. The average molecular weight is 309 g/mol. The SMILES string of the molecule is CCCCCCCCCCCC(O)SCc1ccccc1. The van der Waals surface area contributed by atoms with Crippen LogP contribution in [0.3, 0.4) is 0 Å². The third kappa shape index (κ3) is 10.8. The van der Waals surface area contributed by atoms with Gasteiger partial charge >= 0.3 is 0 Å². The zero-order chi connectivity index (χ0) is 15.2. The first kappa shape index (κ1) is 18.6. The predicted molar refractivity (Wildman–Crippen MR) is 95.6 cm³/mol. The highest BCUT2D eigenvalue weighted by Crippen LogP contribution is 2.20. The number of hydrogen-bond acceptors (Lipinski definition) is 2. The second-order valence-electron chi connectivity index (χ2n) is 5.87. The fraction of sp³-hybridized carbons (Fsp3) is 0.684. The molecule has 0 fully saturated rings. The van der Waals surface area contributed by atoms with E-state index >= 15 is 0 Å². The number of hydrogen-bond donors (Lipinski definition) is 1. The molecule has 0 saturated heterocycles. The van der Waals surface area contributed by atoms with E-state index in [1.54, 1.807) is 11.8 Å². The lowest BCUT2D eigenvalue weighted by molar-refractivity contribution is 0.247. The van der Waals surface area contributed by atoms with Crippen LogP contribution in [0.25, 0.3) is 0 Å². The molecular weight excluding hydrogens is 276 g/mol. The summed E-state index contributed by atoms with van der Waals surface area (Å²) >= 11 is 1.66. The van der Waals surface area contributed by atoms with Crippen molar-refractivity contribution in [1.82, 2.24) is 0 Å². The Hall–Kier alpha value is -0.470. The van der Waals surface area contributed by atoms with Gasteiger partial charge in [0.15, 0.2) is 0 Å². The van der Waals surface area contributed by atoms with Crippen molar-refractivity contribution >= 4 is 11.8 Å². The van der Waals surface area contributed by atoms with Gasteiger partial charge in [-0.3, -0.25) is 0 Å². The van der Waals surface area contributed by atoms with Crippen molar-refractivity contribution < 1.29 is 5.11 Å². The Morgan fingerprint density at radius 2 is 1.43 bits per heavy atom. The van der Waals surface area contributed by atoms with Gasteiger partial charge < -0.3 is 5.11 Å². The van der Waals surface area contributed by atoms with Crippen molar-refractivity contribution in [3.05, 3.63) is 35.9 Å². The Bertz CT molecular complexity index is 326. The van der Waals surface area contributed by atoms with Gasteiger partial charge in [-0.15, -0.1) is 11.8 Å². The van der Waals surface area contributed by atoms with Crippen LogP contribution < -0.4 is 0 Å². The highest BCUT2D eigenvalue weighted by Gasteiger charge is 2.04. The minimum absolute atomic E-state index is 0.199. The molecule has 21 heavy (non-hydrogen) atoms. The maximum Gasteiger partial charge on any atom is 0.0995 e. The van der Waals surface area contributed by atoms with E-state index in [9.17, 15) is 5.11 Å². The summed E-state index contributed by atoms with van der Waals surface area (Å²) in [6.45, 7) is 2.26. The fourth-order valence-electron chi connectivity index (χ4n) is 2.48. The van der Waals surface area contributed by atoms with Crippen LogP contribution >= 0.6 is 11.8 Å². The van der Waals surface area contributed by atoms with Crippen LogP contribution in [0.15, 0.2) is 30.3 Å². The molecule has 1 nitrogen and oxygen atoms in total. The molecule has 0 amide bonds. The highest BCUT2D eigenvalue weighted by atomic mass is 32.2. The molecule has 0 bridgehead atoms. The molecule has 1 N–H and O–H groups in total. The third-order valence-electron chi connectivity index (χ3n) is 3.84. The maximum atomic E-state index is 9.97. The van der Waals surface area contributed by atoms with Crippen molar-refractivity contribution in [2.45, 2.75) is 82.3 Å². The van der Waals surface area contributed by atoms with E-state index in [2.05, 4.69) is 31.2 Å². The molecule has 120 valence electrons. The van der Waals surface area contributed by atoms with Gasteiger partial charge in [-0.25, -0.2) is 0 Å². The van der Waals surface area contributed by atoms with Crippen LogP contribution in [0, 0.1) is 0 Å². The maximum absolute atomic E-state index is 9.97. The second-order valence-corrected chi connectivity index (χ2v) is 7.03. The van der Waals surface area contributed by atoms with Gasteiger partial charge in [-0.1, -0.05) is 95.0 Å². The third-order valence-corrected chi connectivity index (χ3v) is 4.96. The van der Waals surface area contributed by atoms with Crippen molar-refractivity contribution in [1.29, 1.82) is 0 Å². The Labute approximate surface area is 135 Å². The minimum Gasteiger partial charge on any atom is -0.382 e. The van der Waals surface area contributed by atoms with E-state index in [1.165, 1.54) is 56.9 Å².